The fourth-order valence-electron chi connectivity index (χ4n) is 1.60. The number of amides is 1. The Labute approximate surface area is 107 Å². The summed E-state index contributed by atoms with van der Waals surface area (Å²) in [5.74, 6) is -0.637. The number of rotatable bonds is 6. The average Bonchev–Trinajstić information content (AvgIpc) is 2.38. The van der Waals surface area contributed by atoms with Gasteiger partial charge in [0.05, 0.1) is 0 Å². The monoisotopic (exact) mass is 253 g/mol. The Bertz CT molecular complexity index is 395. The summed E-state index contributed by atoms with van der Waals surface area (Å²) in [5, 5.41) is 11.6. The number of carbonyl (C=O) groups excluding carboxylic acids is 1. The third kappa shape index (κ3) is 4.45. The molecule has 18 heavy (non-hydrogen) atoms. The van der Waals surface area contributed by atoms with E-state index in [2.05, 4.69) is 5.32 Å². The molecule has 0 radical (unpaired) electrons. The van der Waals surface area contributed by atoms with Crippen LogP contribution in [0.1, 0.15) is 19.4 Å². The average molecular weight is 253 g/mol. The van der Waals surface area contributed by atoms with Gasteiger partial charge in [0.15, 0.2) is 0 Å². The maximum absolute atomic E-state index is 13.4. The molecule has 0 saturated carbocycles. The van der Waals surface area contributed by atoms with Crippen molar-refractivity contribution in [1.82, 2.24) is 5.32 Å². The van der Waals surface area contributed by atoms with E-state index in [-0.39, 0.29) is 30.2 Å². The molecule has 0 aliphatic carbocycles. The number of hydrogen-bond donors (Lipinski definition) is 2. The van der Waals surface area contributed by atoms with Crippen molar-refractivity contribution in [3.05, 3.63) is 35.6 Å². The highest BCUT2D eigenvalue weighted by Crippen LogP contribution is 2.12. The maximum Gasteiger partial charge on any atom is 0.223 e. The van der Waals surface area contributed by atoms with Gasteiger partial charge in [0, 0.05) is 19.1 Å². The van der Waals surface area contributed by atoms with Crippen molar-refractivity contribution in [2.24, 2.45) is 11.8 Å². The molecule has 4 heteroatoms. The molecule has 1 aromatic rings. The standard InChI is InChI=1S/C14H20FNO2/c1-10(9-17)8-16-14(18)11(2)7-12-5-3-4-6-13(12)15/h3-6,10-11,17H,7-9H2,1-2H3,(H,16,18). The van der Waals surface area contributed by atoms with Gasteiger partial charge < -0.3 is 10.4 Å². The molecular weight excluding hydrogens is 233 g/mol. The van der Waals surface area contributed by atoms with E-state index < -0.39 is 0 Å². The number of aliphatic hydroxyl groups excluding tert-OH is 1. The normalized spacial score (nSPS) is 14.0. The third-order valence-electron chi connectivity index (χ3n) is 2.87. The SMILES string of the molecule is CC(CO)CNC(=O)C(C)Cc1ccccc1F. The minimum Gasteiger partial charge on any atom is -0.396 e. The first kappa shape index (κ1) is 14.6. The number of nitrogens with one attached hydrogen (secondary N) is 1. The molecular formula is C14H20FNO2. The van der Waals surface area contributed by atoms with Crippen LogP contribution in [-0.4, -0.2) is 24.2 Å². The number of aliphatic hydroxyl groups is 1. The molecule has 0 aromatic heterocycles. The molecule has 2 unspecified atom stereocenters. The third-order valence-corrected chi connectivity index (χ3v) is 2.87. The zero-order valence-corrected chi connectivity index (χ0v) is 10.8. The highest BCUT2D eigenvalue weighted by molar-refractivity contribution is 5.78. The topological polar surface area (TPSA) is 49.3 Å². The molecule has 0 bridgehead atoms. The van der Waals surface area contributed by atoms with E-state index in [4.69, 9.17) is 5.11 Å². The summed E-state index contributed by atoms with van der Waals surface area (Å²) in [6.07, 6.45) is 0.381. The van der Waals surface area contributed by atoms with Crippen molar-refractivity contribution in [1.29, 1.82) is 0 Å². The fourth-order valence-corrected chi connectivity index (χ4v) is 1.60. The highest BCUT2D eigenvalue weighted by atomic mass is 19.1. The molecule has 0 heterocycles. The summed E-state index contributed by atoms with van der Waals surface area (Å²) in [5.41, 5.74) is 0.551. The van der Waals surface area contributed by atoms with Crippen molar-refractivity contribution in [3.8, 4) is 0 Å². The summed E-state index contributed by atoms with van der Waals surface area (Å²) < 4.78 is 13.4. The molecule has 0 aliphatic heterocycles. The lowest BCUT2D eigenvalue weighted by Crippen LogP contribution is -2.34. The van der Waals surface area contributed by atoms with Crippen molar-refractivity contribution in [2.75, 3.05) is 13.2 Å². The lowest BCUT2D eigenvalue weighted by molar-refractivity contribution is -0.124. The smallest absolute Gasteiger partial charge is 0.223 e. The van der Waals surface area contributed by atoms with Crippen LogP contribution in [0.3, 0.4) is 0 Å². The van der Waals surface area contributed by atoms with Gasteiger partial charge in [-0.15, -0.1) is 0 Å². The lowest BCUT2D eigenvalue weighted by atomic mass is 10.00. The molecule has 1 aromatic carbocycles. The van der Waals surface area contributed by atoms with Crippen LogP contribution in [0.25, 0.3) is 0 Å². The van der Waals surface area contributed by atoms with Crippen LogP contribution in [-0.2, 0) is 11.2 Å². The molecule has 1 amide bonds. The fraction of sp³-hybridized carbons (Fsp3) is 0.500. The predicted molar refractivity (Wildman–Crippen MR) is 68.5 cm³/mol. The largest absolute Gasteiger partial charge is 0.396 e. The number of halogens is 1. The van der Waals surface area contributed by atoms with Crippen LogP contribution in [0, 0.1) is 17.7 Å². The Balaban J connectivity index is 2.47. The summed E-state index contributed by atoms with van der Waals surface area (Å²) in [6, 6.07) is 6.48. The summed E-state index contributed by atoms with van der Waals surface area (Å²) >= 11 is 0. The number of carbonyl (C=O) groups is 1. The van der Waals surface area contributed by atoms with Gasteiger partial charge >= 0.3 is 0 Å². The van der Waals surface area contributed by atoms with Crippen LogP contribution in [0.5, 0.6) is 0 Å². The van der Waals surface area contributed by atoms with E-state index in [1.54, 1.807) is 25.1 Å². The molecule has 2 atom stereocenters. The van der Waals surface area contributed by atoms with Gasteiger partial charge in [-0.3, -0.25) is 4.79 Å². The first-order chi connectivity index (χ1) is 8.54. The Morgan fingerprint density at radius 1 is 1.39 bits per heavy atom. The predicted octanol–water partition coefficient (Wildman–Crippen LogP) is 1.75. The number of hydrogen-bond acceptors (Lipinski definition) is 2. The first-order valence-corrected chi connectivity index (χ1v) is 6.16. The van der Waals surface area contributed by atoms with Crippen LogP contribution >= 0.6 is 0 Å². The zero-order valence-electron chi connectivity index (χ0n) is 10.8. The second-order valence-corrected chi connectivity index (χ2v) is 4.73. The molecule has 100 valence electrons. The van der Waals surface area contributed by atoms with E-state index in [1.807, 2.05) is 6.92 Å². The van der Waals surface area contributed by atoms with E-state index in [0.717, 1.165) is 0 Å². The van der Waals surface area contributed by atoms with Crippen LogP contribution < -0.4 is 5.32 Å². The Kier molecular flexibility index (Phi) is 5.78. The highest BCUT2D eigenvalue weighted by Gasteiger charge is 2.15. The van der Waals surface area contributed by atoms with Crippen molar-refractivity contribution in [3.63, 3.8) is 0 Å². The van der Waals surface area contributed by atoms with Gasteiger partial charge in [-0.25, -0.2) is 4.39 Å². The zero-order chi connectivity index (χ0) is 13.5. The van der Waals surface area contributed by atoms with Crippen molar-refractivity contribution in [2.45, 2.75) is 20.3 Å². The molecule has 3 nitrogen and oxygen atoms in total. The number of benzene rings is 1. The summed E-state index contributed by atoms with van der Waals surface area (Å²) in [4.78, 5) is 11.8. The van der Waals surface area contributed by atoms with Gasteiger partial charge in [0.25, 0.3) is 0 Å². The van der Waals surface area contributed by atoms with E-state index in [0.29, 0.717) is 18.5 Å². The van der Waals surface area contributed by atoms with Gasteiger partial charge in [-0.1, -0.05) is 32.0 Å². The Morgan fingerprint density at radius 2 is 2.06 bits per heavy atom. The molecule has 0 saturated heterocycles. The molecule has 1 rings (SSSR count). The van der Waals surface area contributed by atoms with Gasteiger partial charge in [0.1, 0.15) is 5.82 Å². The van der Waals surface area contributed by atoms with Crippen LogP contribution in [0.2, 0.25) is 0 Å². The van der Waals surface area contributed by atoms with Crippen molar-refractivity contribution < 1.29 is 14.3 Å². The van der Waals surface area contributed by atoms with Gasteiger partial charge in [-0.05, 0) is 24.0 Å². The molecule has 2 N–H and O–H groups in total. The van der Waals surface area contributed by atoms with E-state index in [9.17, 15) is 9.18 Å². The second-order valence-electron chi connectivity index (χ2n) is 4.73. The Hall–Kier alpha value is -1.42. The lowest BCUT2D eigenvalue weighted by Gasteiger charge is -2.14. The van der Waals surface area contributed by atoms with E-state index in [1.165, 1.54) is 6.07 Å². The van der Waals surface area contributed by atoms with Crippen LogP contribution in [0.4, 0.5) is 4.39 Å². The Morgan fingerprint density at radius 3 is 2.67 bits per heavy atom. The van der Waals surface area contributed by atoms with Gasteiger partial charge in [-0.2, -0.15) is 0 Å². The first-order valence-electron chi connectivity index (χ1n) is 6.16. The summed E-state index contributed by atoms with van der Waals surface area (Å²) in [7, 11) is 0. The van der Waals surface area contributed by atoms with Gasteiger partial charge in [0.2, 0.25) is 5.91 Å². The minimum absolute atomic E-state index is 0.0367. The second kappa shape index (κ2) is 7.11. The minimum atomic E-state index is -0.284. The van der Waals surface area contributed by atoms with Crippen LogP contribution in [0.15, 0.2) is 24.3 Å². The summed E-state index contributed by atoms with van der Waals surface area (Å²) in [6.45, 7) is 4.10. The molecule has 0 fully saturated rings. The maximum atomic E-state index is 13.4. The molecule has 0 spiro atoms. The van der Waals surface area contributed by atoms with Crippen molar-refractivity contribution >= 4 is 5.91 Å². The quantitative estimate of drug-likeness (QED) is 0.811. The van der Waals surface area contributed by atoms with E-state index >= 15 is 0 Å². The molecule has 0 aliphatic rings.